The zero-order valence-corrected chi connectivity index (χ0v) is 34.2. The standard InChI is InChI=1S/C45H61F3N6/c1-10-43(18-14-12-15-19-43)26-31-22-35-40(4,5)36-23-32(27-44(11-2)20-16-13-17-21-44)25-38(50-36)54-29-34(39(52-54)45(46,47)48)42(8,9)41(6,7)33-28-53(51-30(33)3)37(24-31)49-35/h22-25,28-29H,10-21,26-27H2,1-9H3. The molecule has 54 heavy (non-hydrogen) atoms. The largest absolute Gasteiger partial charge is 0.435 e. The van der Waals surface area contributed by atoms with Gasteiger partial charge < -0.3 is 0 Å². The second kappa shape index (κ2) is 13.6. The molecule has 1 aliphatic heterocycles. The summed E-state index contributed by atoms with van der Waals surface area (Å²) in [6, 6.07) is 8.67. The Hall–Kier alpha value is -3.49. The number of halogens is 3. The number of nitrogens with zero attached hydrogens (tertiary/aromatic N) is 6. The lowest BCUT2D eigenvalue weighted by Gasteiger charge is -2.42. The Bertz CT molecular complexity index is 2000. The number of hydrogen-bond donors (Lipinski definition) is 0. The summed E-state index contributed by atoms with van der Waals surface area (Å²) < 4.78 is 48.5. The number of aromatic nitrogens is 6. The fraction of sp³-hybridized carbons (Fsp3) is 0.644. The van der Waals surface area contributed by atoms with E-state index in [2.05, 4.69) is 51.0 Å². The Morgan fingerprint density at radius 3 is 1.48 bits per heavy atom. The summed E-state index contributed by atoms with van der Waals surface area (Å²) in [5.74, 6) is 1.16. The molecule has 6 nitrogen and oxygen atoms in total. The Morgan fingerprint density at radius 2 is 1.04 bits per heavy atom. The molecule has 0 radical (unpaired) electrons. The van der Waals surface area contributed by atoms with Crippen LogP contribution in [0.1, 0.15) is 177 Å². The molecule has 0 saturated heterocycles. The van der Waals surface area contributed by atoms with Crippen LogP contribution in [0, 0.1) is 17.8 Å². The van der Waals surface area contributed by atoms with Crippen LogP contribution in [0.15, 0.2) is 36.7 Å². The fourth-order valence-corrected chi connectivity index (χ4v) is 10.2. The number of hydrogen-bond acceptors (Lipinski definition) is 4. The molecule has 0 amide bonds. The maximum Gasteiger partial charge on any atom is 0.435 e. The Kier molecular flexibility index (Phi) is 9.77. The first kappa shape index (κ1) is 38.8. The van der Waals surface area contributed by atoms with Crippen molar-refractivity contribution < 1.29 is 13.2 Å². The first-order valence-electron chi connectivity index (χ1n) is 20.6. The van der Waals surface area contributed by atoms with E-state index in [1.807, 2.05) is 51.6 Å². The van der Waals surface area contributed by atoms with Crippen molar-refractivity contribution in [3.8, 4) is 11.6 Å². The molecule has 0 spiro atoms. The van der Waals surface area contributed by atoms with Crippen molar-refractivity contribution >= 4 is 0 Å². The van der Waals surface area contributed by atoms with Crippen LogP contribution < -0.4 is 0 Å². The molecule has 0 N–H and O–H groups in total. The lowest BCUT2D eigenvalue weighted by Crippen LogP contribution is -2.41. The van der Waals surface area contributed by atoms with Crippen molar-refractivity contribution in [1.82, 2.24) is 29.5 Å². The zero-order chi connectivity index (χ0) is 38.9. The second-order valence-corrected chi connectivity index (χ2v) is 18.9. The number of pyridine rings is 2. The molecule has 4 aromatic rings. The van der Waals surface area contributed by atoms with Gasteiger partial charge in [-0.1, -0.05) is 92.9 Å². The van der Waals surface area contributed by atoms with Gasteiger partial charge in [0.05, 0.1) is 17.1 Å². The second-order valence-electron chi connectivity index (χ2n) is 18.9. The zero-order valence-electron chi connectivity index (χ0n) is 34.2. The Labute approximate surface area is 320 Å². The normalized spacial score (nSPS) is 21.3. The summed E-state index contributed by atoms with van der Waals surface area (Å²) in [6.45, 7) is 18.7. The van der Waals surface area contributed by atoms with E-state index in [-0.39, 0.29) is 16.4 Å². The average molecular weight is 743 g/mol. The van der Waals surface area contributed by atoms with Gasteiger partial charge in [-0.15, -0.1) is 0 Å². The molecule has 0 unspecified atom stereocenters. The van der Waals surface area contributed by atoms with Crippen LogP contribution in [0.3, 0.4) is 0 Å². The van der Waals surface area contributed by atoms with E-state index in [4.69, 9.17) is 15.1 Å². The van der Waals surface area contributed by atoms with Gasteiger partial charge in [0.2, 0.25) is 0 Å². The van der Waals surface area contributed by atoms with E-state index in [0.29, 0.717) is 5.82 Å². The first-order valence-corrected chi connectivity index (χ1v) is 20.6. The molecule has 5 heterocycles. The van der Waals surface area contributed by atoms with Gasteiger partial charge in [-0.05, 0) is 106 Å². The summed E-state index contributed by atoms with van der Waals surface area (Å²) in [7, 11) is 0. The van der Waals surface area contributed by atoms with Gasteiger partial charge >= 0.3 is 6.18 Å². The average Bonchev–Trinajstić information content (AvgIpc) is 3.78. The molecule has 3 aliphatic rings. The van der Waals surface area contributed by atoms with Crippen molar-refractivity contribution in [3.63, 3.8) is 0 Å². The van der Waals surface area contributed by atoms with Gasteiger partial charge in [0.1, 0.15) is 0 Å². The van der Waals surface area contributed by atoms with Crippen molar-refractivity contribution in [1.29, 1.82) is 0 Å². The molecular weight excluding hydrogens is 682 g/mol. The van der Waals surface area contributed by atoms with Crippen molar-refractivity contribution in [2.75, 3.05) is 0 Å². The topological polar surface area (TPSA) is 61.4 Å². The molecule has 7 rings (SSSR count). The number of fused-ring (bicyclic) bond motifs is 10. The van der Waals surface area contributed by atoms with Crippen LogP contribution in [0.4, 0.5) is 13.2 Å². The van der Waals surface area contributed by atoms with Crippen LogP contribution in [-0.2, 0) is 35.3 Å². The van der Waals surface area contributed by atoms with E-state index in [9.17, 15) is 0 Å². The highest BCUT2D eigenvalue weighted by Crippen LogP contribution is 2.49. The number of alkyl halides is 3. The van der Waals surface area contributed by atoms with E-state index < -0.39 is 28.1 Å². The van der Waals surface area contributed by atoms with Gasteiger partial charge in [0.15, 0.2) is 17.3 Å². The molecule has 0 aromatic carbocycles. The molecular formula is C45H61F3N6. The Balaban J connectivity index is 1.51. The van der Waals surface area contributed by atoms with E-state index >= 15 is 13.2 Å². The van der Waals surface area contributed by atoms with Gasteiger partial charge in [-0.3, -0.25) is 0 Å². The van der Waals surface area contributed by atoms with Gasteiger partial charge in [0.25, 0.3) is 0 Å². The minimum atomic E-state index is -4.65. The molecule has 4 aromatic heterocycles. The summed E-state index contributed by atoms with van der Waals surface area (Å²) in [4.78, 5) is 10.6. The third kappa shape index (κ3) is 6.73. The minimum Gasteiger partial charge on any atom is -0.233 e. The third-order valence-corrected chi connectivity index (χ3v) is 14.8. The van der Waals surface area contributed by atoms with E-state index in [1.54, 1.807) is 6.20 Å². The molecule has 2 aliphatic carbocycles. The van der Waals surface area contributed by atoms with Crippen molar-refractivity contribution in [2.45, 2.75) is 175 Å². The summed E-state index contributed by atoms with van der Waals surface area (Å²) in [5.41, 5.74) is 2.90. The van der Waals surface area contributed by atoms with Gasteiger partial charge in [-0.2, -0.15) is 23.4 Å². The van der Waals surface area contributed by atoms with Crippen molar-refractivity contribution in [3.05, 3.63) is 81.7 Å². The highest BCUT2D eigenvalue weighted by atomic mass is 19.4. The van der Waals surface area contributed by atoms with Gasteiger partial charge in [0, 0.05) is 39.8 Å². The SMILES string of the molecule is CCC1(Cc2cc3nc(c2)C(C)(C)c2cc(CC4(CC)CCCCC4)cc(n2)-n2cc(c(C(F)(F)F)n2)C(C)(C)C(C)(C)c2cn-3nc2C)CCCCC1. The molecule has 9 heteroatoms. The van der Waals surface area contributed by atoms with Gasteiger partial charge in [-0.25, -0.2) is 19.3 Å². The maximum atomic E-state index is 15.1. The predicted molar refractivity (Wildman–Crippen MR) is 210 cm³/mol. The summed E-state index contributed by atoms with van der Waals surface area (Å²) in [6.07, 6.45) is 15.2. The molecule has 292 valence electrons. The number of rotatable bonds is 6. The summed E-state index contributed by atoms with van der Waals surface area (Å²) >= 11 is 0. The van der Waals surface area contributed by atoms with Crippen LogP contribution in [0.2, 0.25) is 0 Å². The van der Waals surface area contributed by atoms with Crippen molar-refractivity contribution in [2.24, 2.45) is 10.8 Å². The van der Waals surface area contributed by atoms with Crippen LogP contribution in [0.25, 0.3) is 11.6 Å². The molecule has 2 saturated carbocycles. The first-order chi connectivity index (χ1) is 25.3. The molecule has 2 fully saturated rings. The lowest BCUT2D eigenvalue weighted by atomic mass is 9.61. The smallest absolute Gasteiger partial charge is 0.233 e. The molecule has 8 bridgehead atoms. The minimum absolute atomic E-state index is 0.144. The monoisotopic (exact) mass is 742 g/mol. The highest BCUT2D eigenvalue weighted by molar-refractivity contribution is 5.46. The Morgan fingerprint density at radius 1 is 0.611 bits per heavy atom. The van der Waals surface area contributed by atoms with Crippen LogP contribution in [0.5, 0.6) is 0 Å². The predicted octanol–water partition coefficient (Wildman–Crippen LogP) is 11.9. The van der Waals surface area contributed by atoms with Crippen LogP contribution >= 0.6 is 0 Å². The van der Waals surface area contributed by atoms with E-state index in [1.165, 1.54) is 61.6 Å². The van der Waals surface area contributed by atoms with Crippen LogP contribution in [-0.4, -0.2) is 29.5 Å². The molecule has 0 atom stereocenters. The summed E-state index contributed by atoms with van der Waals surface area (Å²) in [5, 5.41) is 9.39. The van der Waals surface area contributed by atoms with E-state index in [0.717, 1.165) is 72.6 Å². The highest BCUT2D eigenvalue weighted by Gasteiger charge is 2.49. The lowest BCUT2D eigenvalue weighted by molar-refractivity contribution is -0.142. The fourth-order valence-electron chi connectivity index (χ4n) is 10.2. The third-order valence-electron chi connectivity index (χ3n) is 14.8. The maximum absolute atomic E-state index is 15.1. The number of aryl methyl sites for hydroxylation is 1. The quantitative estimate of drug-likeness (QED) is 0.197.